The van der Waals surface area contributed by atoms with E-state index in [4.69, 9.17) is 0 Å². The third-order valence-corrected chi connectivity index (χ3v) is 13.6. The summed E-state index contributed by atoms with van der Waals surface area (Å²) in [5, 5.41) is 2.49. The van der Waals surface area contributed by atoms with Crippen molar-refractivity contribution in [2.75, 3.05) is 4.90 Å². The van der Waals surface area contributed by atoms with Crippen LogP contribution in [0.5, 0.6) is 0 Å². The molecule has 10 aromatic carbocycles. The second-order valence-electron chi connectivity index (χ2n) is 17.7. The van der Waals surface area contributed by atoms with E-state index in [1.165, 1.54) is 77.4 Å². The Labute approximate surface area is 381 Å². The van der Waals surface area contributed by atoms with Crippen molar-refractivity contribution < 1.29 is 0 Å². The van der Waals surface area contributed by atoms with Gasteiger partial charge in [-0.25, -0.2) is 0 Å². The van der Waals surface area contributed by atoms with Crippen molar-refractivity contribution in [1.82, 2.24) is 4.57 Å². The number of anilines is 3. The van der Waals surface area contributed by atoms with E-state index in [9.17, 15) is 0 Å². The van der Waals surface area contributed by atoms with Gasteiger partial charge < -0.3 is 9.47 Å². The Bertz CT molecular complexity index is 3550. The van der Waals surface area contributed by atoms with Crippen LogP contribution in [0.15, 0.2) is 243 Å². The average molecular weight is 831 g/mol. The molecule has 2 nitrogen and oxygen atoms in total. The number of para-hydroxylation sites is 2. The van der Waals surface area contributed by atoms with Crippen LogP contribution in [0, 0.1) is 0 Å². The minimum absolute atomic E-state index is 0.160. The number of benzene rings is 10. The summed E-state index contributed by atoms with van der Waals surface area (Å²) in [7, 11) is 0. The van der Waals surface area contributed by atoms with Gasteiger partial charge in [0.05, 0.1) is 16.7 Å². The molecule has 1 aromatic heterocycles. The summed E-state index contributed by atoms with van der Waals surface area (Å²) in [6.07, 6.45) is 0. The highest BCUT2D eigenvalue weighted by Crippen LogP contribution is 2.52. The Balaban J connectivity index is 1.09. The molecular weight excluding hydrogens is 785 g/mol. The van der Waals surface area contributed by atoms with E-state index in [0.29, 0.717) is 0 Å². The van der Waals surface area contributed by atoms with Gasteiger partial charge in [0.2, 0.25) is 0 Å². The average Bonchev–Trinajstić information content (AvgIpc) is 3.82. The van der Waals surface area contributed by atoms with Crippen LogP contribution < -0.4 is 4.90 Å². The minimum atomic E-state index is -0.160. The lowest BCUT2D eigenvalue weighted by Crippen LogP contribution is -2.17. The fourth-order valence-corrected chi connectivity index (χ4v) is 10.4. The van der Waals surface area contributed by atoms with Crippen molar-refractivity contribution in [1.29, 1.82) is 0 Å². The lowest BCUT2D eigenvalue weighted by Gasteiger charge is -2.31. The molecule has 0 aliphatic heterocycles. The van der Waals surface area contributed by atoms with Gasteiger partial charge in [0.15, 0.2) is 0 Å². The largest absolute Gasteiger partial charge is 0.310 e. The van der Waals surface area contributed by atoms with Crippen LogP contribution in [0.1, 0.15) is 25.0 Å². The van der Waals surface area contributed by atoms with E-state index >= 15 is 0 Å². The molecule has 1 aliphatic carbocycles. The number of aromatic nitrogens is 1. The fourth-order valence-electron chi connectivity index (χ4n) is 10.4. The zero-order chi connectivity index (χ0) is 43.5. The molecule has 0 spiro atoms. The summed E-state index contributed by atoms with van der Waals surface area (Å²) in [5.41, 5.74) is 21.4. The molecule has 1 aliphatic rings. The van der Waals surface area contributed by atoms with Gasteiger partial charge in [0.25, 0.3) is 0 Å². The van der Waals surface area contributed by atoms with Crippen LogP contribution in [0.2, 0.25) is 0 Å². The topological polar surface area (TPSA) is 8.17 Å². The molecule has 2 heteroatoms. The van der Waals surface area contributed by atoms with E-state index in [0.717, 1.165) is 33.9 Å². The van der Waals surface area contributed by atoms with Crippen LogP contribution in [-0.2, 0) is 5.41 Å². The van der Waals surface area contributed by atoms with Crippen LogP contribution >= 0.6 is 0 Å². The molecule has 0 N–H and O–H groups in total. The Morgan fingerprint density at radius 2 is 0.846 bits per heavy atom. The number of hydrogen-bond acceptors (Lipinski definition) is 1. The molecule has 0 fully saturated rings. The maximum atomic E-state index is 2.49. The molecule has 11 aromatic rings. The predicted octanol–water partition coefficient (Wildman–Crippen LogP) is 17.2. The first-order chi connectivity index (χ1) is 32.0. The second kappa shape index (κ2) is 15.6. The molecule has 0 saturated heterocycles. The van der Waals surface area contributed by atoms with Gasteiger partial charge in [-0.1, -0.05) is 202 Å². The van der Waals surface area contributed by atoms with Crippen molar-refractivity contribution in [3.63, 3.8) is 0 Å². The summed E-state index contributed by atoms with van der Waals surface area (Å²) in [5.74, 6) is 0. The first kappa shape index (κ1) is 38.5. The van der Waals surface area contributed by atoms with E-state index in [2.05, 4.69) is 266 Å². The standard InChI is InChI=1S/C63H46N2/c1-63(2)58-28-16-14-26-53(58)54-39-36-50(42-59(54)63)64(49-34-30-45(31-35-49)43-18-6-3-7-19-43)61-40-46(44-20-8-4-9-21-44)32-37-56(61)52-25-13-12-24-51(52)47-33-38-57-55-27-15-17-29-60(55)65(62(57)41-47)48-22-10-5-11-23-48/h3-42H,1-2H3. The molecule has 0 saturated carbocycles. The second-order valence-corrected chi connectivity index (χ2v) is 17.7. The third kappa shape index (κ3) is 6.49. The minimum Gasteiger partial charge on any atom is -0.310 e. The zero-order valence-corrected chi connectivity index (χ0v) is 36.5. The van der Waals surface area contributed by atoms with Gasteiger partial charge in [-0.15, -0.1) is 0 Å². The van der Waals surface area contributed by atoms with Crippen molar-refractivity contribution in [2.45, 2.75) is 19.3 Å². The quantitative estimate of drug-likeness (QED) is 0.148. The number of rotatable bonds is 8. The summed E-state index contributed by atoms with van der Waals surface area (Å²) in [4.78, 5) is 2.49. The molecule has 65 heavy (non-hydrogen) atoms. The number of nitrogens with zero attached hydrogens (tertiary/aromatic N) is 2. The number of hydrogen-bond donors (Lipinski definition) is 0. The van der Waals surface area contributed by atoms with Crippen molar-refractivity contribution in [2.24, 2.45) is 0 Å². The maximum Gasteiger partial charge on any atom is 0.0547 e. The molecule has 12 rings (SSSR count). The third-order valence-electron chi connectivity index (χ3n) is 13.6. The van der Waals surface area contributed by atoms with Gasteiger partial charge >= 0.3 is 0 Å². The molecule has 0 amide bonds. The molecule has 0 unspecified atom stereocenters. The normalized spacial score (nSPS) is 12.6. The van der Waals surface area contributed by atoms with Gasteiger partial charge in [-0.05, 0) is 116 Å². The van der Waals surface area contributed by atoms with Crippen molar-refractivity contribution in [3.8, 4) is 61.3 Å². The summed E-state index contributed by atoms with van der Waals surface area (Å²) >= 11 is 0. The summed E-state index contributed by atoms with van der Waals surface area (Å²) < 4.78 is 2.41. The van der Waals surface area contributed by atoms with Gasteiger partial charge in [0, 0.05) is 38.8 Å². The fraction of sp³-hybridized carbons (Fsp3) is 0.0476. The molecule has 0 bridgehead atoms. The SMILES string of the molecule is CC1(C)c2ccccc2-c2ccc(N(c3ccc(-c4ccccc4)cc3)c3cc(-c4ccccc4)ccc3-c3ccccc3-c3ccc4c5ccccc5n(-c5ccccc5)c4c3)cc21. The van der Waals surface area contributed by atoms with E-state index in [1.807, 2.05) is 0 Å². The first-order valence-electron chi connectivity index (χ1n) is 22.6. The Kier molecular flexibility index (Phi) is 9.21. The Morgan fingerprint density at radius 1 is 0.323 bits per heavy atom. The molecular formula is C63H46N2. The maximum absolute atomic E-state index is 2.49. The van der Waals surface area contributed by atoms with Gasteiger partial charge in [0.1, 0.15) is 0 Å². The van der Waals surface area contributed by atoms with Crippen molar-refractivity contribution >= 4 is 38.9 Å². The molecule has 0 atom stereocenters. The Morgan fingerprint density at radius 3 is 1.60 bits per heavy atom. The smallest absolute Gasteiger partial charge is 0.0547 e. The molecule has 0 radical (unpaired) electrons. The summed E-state index contributed by atoms with van der Waals surface area (Å²) in [6.45, 7) is 4.73. The lowest BCUT2D eigenvalue weighted by molar-refractivity contribution is 0.660. The predicted molar refractivity (Wildman–Crippen MR) is 275 cm³/mol. The first-order valence-corrected chi connectivity index (χ1v) is 22.6. The Hall–Kier alpha value is -8.20. The highest BCUT2D eigenvalue weighted by Gasteiger charge is 2.36. The summed E-state index contributed by atoms with van der Waals surface area (Å²) in [6, 6.07) is 89.0. The van der Waals surface area contributed by atoms with E-state index < -0.39 is 0 Å². The highest BCUT2D eigenvalue weighted by atomic mass is 15.1. The number of fused-ring (bicyclic) bond motifs is 6. The van der Waals surface area contributed by atoms with Crippen LogP contribution in [-0.4, -0.2) is 4.57 Å². The zero-order valence-electron chi connectivity index (χ0n) is 36.5. The molecule has 1 heterocycles. The van der Waals surface area contributed by atoms with Gasteiger partial charge in [-0.3, -0.25) is 0 Å². The molecule has 308 valence electrons. The monoisotopic (exact) mass is 830 g/mol. The lowest BCUT2D eigenvalue weighted by atomic mass is 9.82. The van der Waals surface area contributed by atoms with Crippen LogP contribution in [0.4, 0.5) is 17.1 Å². The highest BCUT2D eigenvalue weighted by molar-refractivity contribution is 6.10. The van der Waals surface area contributed by atoms with Crippen molar-refractivity contribution in [3.05, 3.63) is 254 Å². The van der Waals surface area contributed by atoms with E-state index in [-0.39, 0.29) is 5.41 Å². The van der Waals surface area contributed by atoms with E-state index in [1.54, 1.807) is 0 Å². The van der Waals surface area contributed by atoms with Gasteiger partial charge in [-0.2, -0.15) is 0 Å². The van der Waals surface area contributed by atoms with Crippen LogP contribution in [0.25, 0.3) is 83.1 Å². The van der Waals surface area contributed by atoms with Crippen LogP contribution in [0.3, 0.4) is 0 Å².